The number of thiophene rings is 1. The highest BCUT2D eigenvalue weighted by molar-refractivity contribution is 7.91. The Morgan fingerprint density at radius 1 is 1.00 bits per heavy atom. The Labute approximate surface area is 200 Å². The Balaban J connectivity index is 1.50. The fourth-order valence-electron chi connectivity index (χ4n) is 4.00. The summed E-state index contributed by atoms with van der Waals surface area (Å²) >= 11 is 1.53. The molecule has 2 N–H and O–H groups in total. The Morgan fingerprint density at radius 2 is 1.74 bits per heavy atom. The van der Waals surface area contributed by atoms with Crippen LogP contribution in [0, 0.1) is 0 Å². The molecule has 7 nitrogen and oxygen atoms in total. The van der Waals surface area contributed by atoms with E-state index in [2.05, 4.69) is 4.98 Å². The minimum absolute atomic E-state index is 0.0274. The summed E-state index contributed by atoms with van der Waals surface area (Å²) in [5, 5.41) is 0. The number of hydrogen-bond acceptors (Lipinski definition) is 6. The molecule has 2 aromatic carbocycles. The normalized spacial score (nSPS) is 13.2. The van der Waals surface area contributed by atoms with E-state index in [1.165, 1.54) is 35.7 Å². The lowest BCUT2D eigenvalue weighted by Crippen LogP contribution is -2.18. The molecule has 1 aliphatic rings. The zero-order valence-corrected chi connectivity index (χ0v) is 19.7. The van der Waals surface area contributed by atoms with Crippen LogP contribution in [-0.2, 0) is 16.4 Å². The molecule has 2 amide bonds. The van der Waals surface area contributed by atoms with Gasteiger partial charge in [0.15, 0.2) is 0 Å². The Kier molecular flexibility index (Phi) is 5.30. The molecule has 0 saturated carbocycles. The lowest BCUT2D eigenvalue weighted by atomic mass is 10.1. The summed E-state index contributed by atoms with van der Waals surface area (Å²) in [5.74, 6) is -0.875. The smallest absolute Gasteiger partial charge is 0.268 e. The largest absolute Gasteiger partial charge is 0.364 e. The zero-order valence-electron chi connectivity index (χ0n) is 18.1. The Hall–Kier alpha value is -3.82. The van der Waals surface area contributed by atoms with Gasteiger partial charge in [0, 0.05) is 35.1 Å². The van der Waals surface area contributed by atoms with Gasteiger partial charge in [-0.05, 0) is 65.2 Å². The van der Waals surface area contributed by atoms with Crippen LogP contribution in [0.1, 0.15) is 26.4 Å². The fraction of sp³-hybridized carbons (Fsp3) is 0.0800. The van der Waals surface area contributed by atoms with E-state index in [1.54, 1.807) is 24.1 Å². The lowest BCUT2D eigenvalue weighted by Gasteiger charge is -2.08. The third kappa shape index (κ3) is 3.68. The summed E-state index contributed by atoms with van der Waals surface area (Å²) in [5.41, 5.74) is 8.51. The highest BCUT2D eigenvalue weighted by Gasteiger charge is 2.26. The average Bonchev–Trinajstić information content (AvgIpc) is 3.44. The minimum Gasteiger partial charge on any atom is -0.364 e. The SMILES string of the molecule is CN1Cc2cc(-c3ccc(-c4cccc(S(=O)(=O)c5cccnc5C(N)=O)c4)s3)ccc2C1=O. The van der Waals surface area contributed by atoms with E-state index >= 15 is 0 Å². The van der Waals surface area contributed by atoms with Gasteiger partial charge in [-0.1, -0.05) is 18.2 Å². The van der Waals surface area contributed by atoms with Crippen molar-refractivity contribution in [2.24, 2.45) is 5.73 Å². The summed E-state index contributed by atoms with van der Waals surface area (Å²) in [7, 11) is -2.22. The molecule has 2 aromatic heterocycles. The summed E-state index contributed by atoms with van der Waals surface area (Å²) in [6.45, 7) is 0.585. The summed E-state index contributed by atoms with van der Waals surface area (Å²) in [6, 6.07) is 19.1. The van der Waals surface area contributed by atoms with Crippen molar-refractivity contribution in [2.45, 2.75) is 16.3 Å². The first-order chi connectivity index (χ1) is 16.3. The van der Waals surface area contributed by atoms with E-state index in [1.807, 2.05) is 36.4 Å². The van der Waals surface area contributed by atoms with Crippen LogP contribution in [0.5, 0.6) is 0 Å². The molecule has 0 atom stereocenters. The molecule has 0 aliphatic carbocycles. The van der Waals surface area contributed by atoms with Gasteiger partial charge in [0.25, 0.3) is 11.8 Å². The van der Waals surface area contributed by atoms with Crippen LogP contribution in [0.25, 0.3) is 20.9 Å². The first-order valence-corrected chi connectivity index (χ1v) is 12.6. The number of aromatic nitrogens is 1. The van der Waals surface area contributed by atoms with E-state index < -0.39 is 15.7 Å². The standard InChI is InChI=1S/C25H19N3O4S2/c1-28-14-17-12-16(7-8-19(17)25(28)30)21-10-9-20(33-21)15-4-2-5-18(13-15)34(31,32)22-6-3-11-27-23(22)24(26)29/h2-13H,14H2,1H3,(H2,26,29). The van der Waals surface area contributed by atoms with Crippen molar-refractivity contribution in [1.29, 1.82) is 0 Å². The predicted molar refractivity (Wildman–Crippen MR) is 129 cm³/mol. The lowest BCUT2D eigenvalue weighted by molar-refractivity contribution is 0.0816. The molecule has 4 aromatic rings. The van der Waals surface area contributed by atoms with Gasteiger partial charge in [-0.3, -0.25) is 9.59 Å². The summed E-state index contributed by atoms with van der Waals surface area (Å²) in [4.78, 5) is 31.1. The molecule has 5 rings (SSSR count). The third-order valence-corrected chi connectivity index (χ3v) is 8.67. The molecule has 0 fully saturated rings. The van der Waals surface area contributed by atoms with Gasteiger partial charge in [0.1, 0.15) is 10.6 Å². The van der Waals surface area contributed by atoms with Crippen molar-refractivity contribution in [3.8, 4) is 20.9 Å². The van der Waals surface area contributed by atoms with Crippen molar-refractivity contribution in [1.82, 2.24) is 9.88 Å². The first-order valence-electron chi connectivity index (χ1n) is 10.3. The number of primary amides is 1. The van der Waals surface area contributed by atoms with Crippen molar-refractivity contribution >= 4 is 33.0 Å². The zero-order chi connectivity index (χ0) is 24.0. The van der Waals surface area contributed by atoms with Gasteiger partial charge < -0.3 is 10.6 Å². The van der Waals surface area contributed by atoms with Crippen LogP contribution >= 0.6 is 11.3 Å². The summed E-state index contributed by atoms with van der Waals surface area (Å²) < 4.78 is 26.5. The maximum absolute atomic E-state index is 13.3. The molecular formula is C25H19N3O4S2. The number of hydrogen-bond donors (Lipinski definition) is 1. The molecule has 3 heterocycles. The molecule has 0 radical (unpaired) electrons. The number of carbonyl (C=O) groups is 2. The quantitative estimate of drug-likeness (QED) is 0.456. The topological polar surface area (TPSA) is 110 Å². The number of pyridine rings is 1. The molecule has 1 aliphatic heterocycles. The molecule has 0 saturated heterocycles. The number of sulfone groups is 1. The van der Waals surface area contributed by atoms with Crippen LogP contribution in [0.3, 0.4) is 0 Å². The number of nitrogens with two attached hydrogens (primary N) is 1. The van der Waals surface area contributed by atoms with E-state index in [9.17, 15) is 18.0 Å². The molecule has 0 bridgehead atoms. The molecule has 0 unspecified atom stereocenters. The number of fused-ring (bicyclic) bond motifs is 1. The van der Waals surface area contributed by atoms with E-state index in [0.29, 0.717) is 6.54 Å². The molecule has 0 spiro atoms. The predicted octanol–water partition coefficient (Wildman–Crippen LogP) is 3.99. The van der Waals surface area contributed by atoms with Crippen LogP contribution in [0.4, 0.5) is 0 Å². The highest BCUT2D eigenvalue weighted by Crippen LogP contribution is 2.37. The monoisotopic (exact) mass is 489 g/mol. The number of rotatable bonds is 5. The number of nitrogens with zero attached hydrogens (tertiary/aromatic N) is 2. The maximum Gasteiger partial charge on any atom is 0.268 e. The maximum atomic E-state index is 13.3. The minimum atomic E-state index is -4.00. The molecule has 9 heteroatoms. The number of amides is 2. The highest BCUT2D eigenvalue weighted by atomic mass is 32.2. The molecule has 34 heavy (non-hydrogen) atoms. The van der Waals surface area contributed by atoms with Crippen molar-refractivity contribution in [2.75, 3.05) is 7.05 Å². The van der Waals surface area contributed by atoms with Crippen LogP contribution in [-0.4, -0.2) is 37.2 Å². The second kappa shape index (κ2) is 8.19. The Morgan fingerprint density at radius 3 is 2.47 bits per heavy atom. The van der Waals surface area contributed by atoms with Crippen LogP contribution < -0.4 is 5.73 Å². The van der Waals surface area contributed by atoms with Crippen molar-refractivity contribution in [3.63, 3.8) is 0 Å². The van der Waals surface area contributed by atoms with Gasteiger partial charge in [-0.15, -0.1) is 11.3 Å². The fourth-order valence-corrected chi connectivity index (χ4v) is 6.46. The molecule has 170 valence electrons. The van der Waals surface area contributed by atoms with Crippen LogP contribution in [0.2, 0.25) is 0 Å². The van der Waals surface area contributed by atoms with Gasteiger partial charge in [0.2, 0.25) is 9.84 Å². The van der Waals surface area contributed by atoms with Crippen molar-refractivity contribution in [3.05, 3.63) is 89.7 Å². The van der Waals surface area contributed by atoms with E-state index in [-0.39, 0.29) is 21.4 Å². The average molecular weight is 490 g/mol. The first kappa shape index (κ1) is 22.0. The van der Waals surface area contributed by atoms with Gasteiger partial charge in [0.05, 0.1) is 4.90 Å². The Bertz CT molecular complexity index is 1570. The van der Waals surface area contributed by atoms with Gasteiger partial charge >= 0.3 is 0 Å². The third-order valence-electron chi connectivity index (χ3n) is 5.70. The second-order valence-corrected chi connectivity index (χ2v) is 10.9. The molecular weight excluding hydrogens is 470 g/mol. The van der Waals surface area contributed by atoms with Gasteiger partial charge in [-0.2, -0.15) is 0 Å². The number of carbonyl (C=O) groups excluding carboxylic acids is 2. The summed E-state index contributed by atoms with van der Waals surface area (Å²) in [6.07, 6.45) is 1.33. The van der Waals surface area contributed by atoms with E-state index in [4.69, 9.17) is 5.73 Å². The van der Waals surface area contributed by atoms with Crippen molar-refractivity contribution < 1.29 is 18.0 Å². The van der Waals surface area contributed by atoms with E-state index in [0.717, 1.165) is 32.0 Å². The second-order valence-electron chi connectivity index (χ2n) is 7.94. The van der Waals surface area contributed by atoms with Gasteiger partial charge in [-0.25, -0.2) is 13.4 Å². The van der Waals surface area contributed by atoms with Crippen LogP contribution in [0.15, 0.2) is 82.7 Å². The number of benzene rings is 2.